The van der Waals surface area contributed by atoms with Gasteiger partial charge in [0.1, 0.15) is 0 Å². The molecular formula is C15H18N4O4. The van der Waals surface area contributed by atoms with Crippen molar-refractivity contribution >= 4 is 28.5 Å². The van der Waals surface area contributed by atoms with Crippen LogP contribution < -0.4 is 10.7 Å². The molecule has 8 nitrogen and oxygen atoms in total. The van der Waals surface area contributed by atoms with Crippen molar-refractivity contribution < 1.29 is 14.3 Å². The third-order valence-corrected chi connectivity index (χ3v) is 2.98. The van der Waals surface area contributed by atoms with Crippen LogP contribution in [0.3, 0.4) is 0 Å². The largest absolute Gasteiger partial charge is 0.461 e. The van der Waals surface area contributed by atoms with Gasteiger partial charge in [0.05, 0.1) is 24.1 Å². The Kier molecular flexibility index (Phi) is 5.07. The van der Waals surface area contributed by atoms with Crippen LogP contribution in [-0.2, 0) is 9.53 Å². The molecule has 0 atom stereocenters. The number of hydrogen-bond acceptors (Lipinski definition) is 6. The van der Waals surface area contributed by atoms with E-state index in [0.29, 0.717) is 11.2 Å². The van der Waals surface area contributed by atoms with Crippen molar-refractivity contribution in [2.75, 3.05) is 32.6 Å². The first-order valence-corrected chi connectivity index (χ1v) is 7.06. The van der Waals surface area contributed by atoms with Crippen LogP contribution in [0.25, 0.3) is 10.9 Å². The fourth-order valence-corrected chi connectivity index (χ4v) is 2.03. The molecule has 0 aliphatic rings. The van der Waals surface area contributed by atoms with E-state index in [0.717, 1.165) is 0 Å². The summed E-state index contributed by atoms with van der Waals surface area (Å²) in [6, 6.07) is 4.77. The average molecular weight is 318 g/mol. The third-order valence-electron chi connectivity index (χ3n) is 2.98. The summed E-state index contributed by atoms with van der Waals surface area (Å²) in [5.41, 5.74) is 0.0848. The van der Waals surface area contributed by atoms with Gasteiger partial charge in [0.25, 0.3) is 0 Å². The fourth-order valence-electron chi connectivity index (χ4n) is 2.03. The molecule has 0 saturated heterocycles. The lowest BCUT2D eigenvalue weighted by atomic mass is 10.2. The summed E-state index contributed by atoms with van der Waals surface area (Å²) in [7, 11) is 3.56. The molecule has 0 fully saturated rings. The minimum atomic E-state index is -0.780. The van der Waals surface area contributed by atoms with Crippen molar-refractivity contribution in [3.8, 4) is 0 Å². The van der Waals surface area contributed by atoms with E-state index in [9.17, 15) is 14.4 Å². The number of ether oxygens (including phenoxy) is 1. The first kappa shape index (κ1) is 16.6. The highest BCUT2D eigenvalue weighted by Gasteiger charge is 2.16. The monoisotopic (exact) mass is 318 g/mol. The molecule has 0 saturated carbocycles. The lowest BCUT2D eigenvalue weighted by Gasteiger charge is -2.10. The van der Waals surface area contributed by atoms with Gasteiger partial charge in [-0.2, -0.15) is 5.10 Å². The molecule has 8 heteroatoms. The average Bonchev–Trinajstić information content (AvgIpc) is 2.47. The molecule has 0 aliphatic carbocycles. The third kappa shape index (κ3) is 3.92. The molecule has 1 aromatic heterocycles. The predicted octanol–water partition coefficient (Wildman–Crippen LogP) is 0.600. The van der Waals surface area contributed by atoms with Crippen LogP contribution in [0.1, 0.15) is 17.4 Å². The van der Waals surface area contributed by atoms with Crippen molar-refractivity contribution in [2.24, 2.45) is 0 Å². The maximum Gasteiger partial charge on any atom is 0.362 e. The number of rotatable bonds is 5. The standard InChI is InChI=1S/C15H18N4O4/c1-4-23-15(22)13-14(21)10-7-9(5-6-11(10)17-18-13)16-12(20)8-19(2)3/h5-7H,4,8H2,1-3H3,(H,16,20)(H,17,21). The van der Waals surface area contributed by atoms with E-state index in [4.69, 9.17) is 4.74 Å². The number of carbonyl (C=O) groups is 2. The topological polar surface area (TPSA) is 104 Å². The number of carbonyl (C=O) groups excluding carboxylic acids is 2. The van der Waals surface area contributed by atoms with Gasteiger partial charge in [-0.15, -0.1) is 0 Å². The molecule has 0 radical (unpaired) electrons. The van der Waals surface area contributed by atoms with E-state index < -0.39 is 11.4 Å². The smallest absolute Gasteiger partial charge is 0.362 e. The molecule has 0 unspecified atom stereocenters. The second kappa shape index (κ2) is 7.01. The number of aromatic nitrogens is 2. The molecule has 0 aliphatic heterocycles. The van der Waals surface area contributed by atoms with Gasteiger partial charge >= 0.3 is 5.97 Å². The summed E-state index contributed by atoms with van der Waals surface area (Å²) in [6.07, 6.45) is 0. The zero-order valence-electron chi connectivity index (χ0n) is 13.2. The Labute approximate surface area is 132 Å². The van der Waals surface area contributed by atoms with Gasteiger partial charge in [-0.1, -0.05) is 0 Å². The summed E-state index contributed by atoms with van der Waals surface area (Å²) in [4.78, 5) is 37.6. The van der Waals surface area contributed by atoms with Gasteiger partial charge in [0, 0.05) is 5.69 Å². The number of likely N-dealkylation sites (N-methyl/N-ethyl adjacent to an activating group) is 1. The van der Waals surface area contributed by atoms with Crippen molar-refractivity contribution in [1.82, 2.24) is 15.1 Å². The molecule has 122 valence electrons. The van der Waals surface area contributed by atoms with Crippen LogP contribution in [-0.4, -0.2) is 54.2 Å². The Morgan fingerprint density at radius 2 is 2.09 bits per heavy atom. The van der Waals surface area contributed by atoms with Gasteiger partial charge in [-0.05, 0) is 39.2 Å². The van der Waals surface area contributed by atoms with Crippen LogP contribution >= 0.6 is 0 Å². The van der Waals surface area contributed by atoms with Crippen molar-refractivity contribution in [3.63, 3.8) is 0 Å². The second-order valence-electron chi connectivity index (χ2n) is 5.17. The number of nitrogens with one attached hydrogen (secondary N) is 2. The Balaban J connectivity index is 2.37. The Bertz CT molecular complexity index is 798. The van der Waals surface area contributed by atoms with Crippen LogP contribution in [0.15, 0.2) is 23.0 Å². The summed E-state index contributed by atoms with van der Waals surface area (Å²) in [5, 5.41) is 9.34. The number of esters is 1. The van der Waals surface area contributed by atoms with Gasteiger partial charge in [-0.3, -0.25) is 14.7 Å². The molecule has 2 aromatic rings. The van der Waals surface area contributed by atoms with E-state index in [1.807, 2.05) is 0 Å². The van der Waals surface area contributed by atoms with Gasteiger partial charge in [-0.25, -0.2) is 4.79 Å². The normalized spacial score (nSPS) is 10.8. The SMILES string of the molecule is CCOC(=O)c1n[nH]c2ccc(NC(=O)CN(C)C)cc2c1=O. The summed E-state index contributed by atoms with van der Waals surface area (Å²) < 4.78 is 4.80. The number of H-pyrrole nitrogens is 1. The number of aromatic amines is 1. The molecule has 1 amide bonds. The number of anilines is 1. The number of nitrogens with zero attached hydrogens (tertiary/aromatic N) is 2. The van der Waals surface area contributed by atoms with E-state index in [1.54, 1.807) is 38.1 Å². The Morgan fingerprint density at radius 3 is 2.74 bits per heavy atom. The quantitative estimate of drug-likeness (QED) is 0.782. The minimum Gasteiger partial charge on any atom is -0.461 e. The second-order valence-corrected chi connectivity index (χ2v) is 5.17. The lowest BCUT2D eigenvalue weighted by Crippen LogP contribution is -2.27. The predicted molar refractivity (Wildman–Crippen MR) is 85.5 cm³/mol. The highest BCUT2D eigenvalue weighted by atomic mass is 16.5. The van der Waals surface area contributed by atoms with Crippen molar-refractivity contribution in [2.45, 2.75) is 6.92 Å². The highest BCUT2D eigenvalue weighted by Crippen LogP contribution is 2.14. The van der Waals surface area contributed by atoms with E-state index in [-0.39, 0.29) is 30.1 Å². The van der Waals surface area contributed by atoms with Crippen molar-refractivity contribution in [3.05, 3.63) is 34.1 Å². The Hall–Kier alpha value is -2.74. The summed E-state index contributed by atoms with van der Waals surface area (Å²) in [6.45, 7) is 2.02. The first-order valence-electron chi connectivity index (χ1n) is 7.06. The Morgan fingerprint density at radius 1 is 1.35 bits per heavy atom. The number of amides is 1. The number of benzene rings is 1. The van der Waals surface area contributed by atoms with Crippen LogP contribution in [0.4, 0.5) is 5.69 Å². The van der Waals surface area contributed by atoms with Crippen LogP contribution in [0.2, 0.25) is 0 Å². The molecule has 0 bridgehead atoms. The van der Waals surface area contributed by atoms with Gasteiger partial charge in [0.2, 0.25) is 17.0 Å². The maximum atomic E-state index is 12.4. The summed E-state index contributed by atoms with van der Waals surface area (Å²) >= 11 is 0. The van der Waals surface area contributed by atoms with Crippen LogP contribution in [0, 0.1) is 0 Å². The molecule has 2 rings (SSSR count). The molecule has 1 aromatic carbocycles. The van der Waals surface area contributed by atoms with Crippen LogP contribution in [0.5, 0.6) is 0 Å². The van der Waals surface area contributed by atoms with Crippen molar-refractivity contribution in [1.29, 1.82) is 0 Å². The molecule has 2 N–H and O–H groups in total. The number of fused-ring (bicyclic) bond motifs is 1. The summed E-state index contributed by atoms with van der Waals surface area (Å²) in [5.74, 6) is -0.983. The lowest BCUT2D eigenvalue weighted by molar-refractivity contribution is -0.116. The van der Waals surface area contributed by atoms with E-state index in [2.05, 4.69) is 15.5 Å². The number of hydrogen-bond donors (Lipinski definition) is 2. The van der Waals surface area contributed by atoms with Gasteiger partial charge < -0.3 is 15.0 Å². The van der Waals surface area contributed by atoms with Gasteiger partial charge in [0.15, 0.2) is 0 Å². The first-order chi connectivity index (χ1) is 10.9. The fraction of sp³-hybridized carbons (Fsp3) is 0.333. The van der Waals surface area contributed by atoms with E-state index >= 15 is 0 Å². The zero-order chi connectivity index (χ0) is 17.0. The molecule has 23 heavy (non-hydrogen) atoms. The molecular weight excluding hydrogens is 300 g/mol. The molecule has 0 spiro atoms. The highest BCUT2D eigenvalue weighted by molar-refractivity contribution is 5.96. The van der Waals surface area contributed by atoms with E-state index in [1.165, 1.54) is 6.07 Å². The zero-order valence-corrected chi connectivity index (χ0v) is 13.2. The maximum absolute atomic E-state index is 12.4. The minimum absolute atomic E-state index is 0.151. The molecule has 1 heterocycles.